The highest BCUT2D eigenvalue weighted by Gasteiger charge is 2.15. The Hall–Kier alpha value is -4.07. The predicted octanol–water partition coefficient (Wildman–Crippen LogP) is 4.52. The van der Waals surface area contributed by atoms with Gasteiger partial charge in [0.2, 0.25) is 18.2 Å². The average Bonchev–Trinajstić information content (AvgIpc) is 3.50. The van der Waals surface area contributed by atoms with Crippen molar-refractivity contribution in [2.75, 3.05) is 5.32 Å². The van der Waals surface area contributed by atoms with Gasteiger partial charge in [-0.15, -0.1) is 10.2 Å². The zero-order valence-electron chi connectivity index (χ0n) is 18.9. The number of hydrogen-bond donors (Lipinski definition) is 1. The van der Waals surface area contributed by atoms with E-state index in [1.165, 1.54) is 12.5 Å². The lowest BCUT2D eigenvalue weighted by atomic mass is 10.0. The number of carbonyl (C=O) groups excluding carboxylic acids is 1. The minimum absolute atomic E-state index is 0.108. The molecule has 1 N–H and O–H groups in total. The molecule has 4 rings (SSSR count). The Balaban J connectivity index is 1.39. The van der Waals surface area contributed by atoms with E-state index < -0.39 is 0 Å². The molecule has 4 aromatic rings. The highest BCUT2D eigenvalue weighted by atomic mass is 16.4. The van der Waals surface area contributed by atoms with Crippen LogP contribution in [-0.2, 0) is 23.2 Å². The molecule has 0 fully saturated rings. The number of aryl methyl sites for hydroxylation is 2. The molecule has 0 aliphatic heterocycles. The number of carbonyl (C=O) groups is 1. The molecule has 0 bridgehead atoms. The van der Waals surface area contributed by atoms with E-state index >= 15 is 0 Å². The van der Waals surface area contributed by atoms with E-state index in [-0.39, 0.29) is 11.4 Å². The van der Waals surface area contributed by atoms with Gasteiger partial charge in [0.05, 0.1) is 11.7 Å². The standard InChI is InChI=1S/C25H26N6O2/c1-25(2,3)31-16-20(15-28-31)22-12-13-26-14-19(22)7-10-23(32)29-21-8-4-18(5-9-21)6-11-24-30-27-17-33-24/h4-5,7-10,12-17H,6,11H2,1-3H3,(H,29,32)/b10-7+. The molecule has 3 heterocycles. The average molecular weight is 443 g/mol. The van der Waals surface area contributed by atoms with Crippen LogP contribution in [0.1, 0.15) is 37.8 Å². The van der Waals surface area contributed by atoms with Crippen LogP contribution in [0.3, 0.4) is 0 Å². The van der Waals surface area contributed by atoms with Crippen molar-refractivity contribution in [3.8, 4) is 11.1 Å². The molecule has 168 valence electrons. The van der Waals surface area contributed by atoms with Crippen LogP contribution >= 0.6 is 0 Å². The van der Waals surface area contributed by atoms with Crippen molar-refractivity contribution in [2.45, 2.75) is 39.2 Å². The Morgan fingerprint density at radius 3 is 2.64 bits per heavy atom. The summed E-state index contributed by atoms with van der Waals surface area (Å²) in [5, 5.41) is 14.9. The summed E-state index contributed by atoms with van der Waals surface area (Å²) in [5.74, 6) is 0.395. The molecule has 0 saturated heterocycles. The first kappa shape index (κ1) is 22.1. The van der Waals surface area contributed by atoms with E-state index in [1.54, 1.807) is 18.5 Å². The van der Waals surface area contributed by atoms with Crippen molar-refractivity contribution in [1.82, 2.24) is 25.0 Å². The molecule has 0 unspecified atom stereocenters. The van der Waals surface area contributed by atoms with Gasteiger partial charge < -0.3 is 9.73 Å². The Labute approximate surface area is 192 Å². The number of nitrogens with one attached hydrogen (secondary N) is 1. The van der Waals surface area contributed by atoms with Crippen LogP contribution in [-0.4, -0.2) is 30.9 Å². The van der Waals surface area contributed by atoms with Gasteiger partial charge in [-0.25, -0.2) is 0 Å². The second-order valence-corrected chi connectivity index (χ2v) is 8.66. The third-order valence-corrected chi connectivity index (χ3v) is 5.10. The van der Waals surface area contributed by atoms with Crippen LogP contribution in [0.5, 0.6) is 0 Å². The van der Waals surface area contributed by atoms with Crippen molar-refractivity contribution >= 4 is 17.7 Å². The summed E-state index contributed by atoms with van der Waals surface area (Å²) in [5.41, 5.74) is 4.53. The molecule has 33 heavy (non-hydrogen) atoms. The molecular weight excluding hydrogens is 416 g/mol. The van der Waals surface area contributed by atoms with Crippen molar-refractivity contribution in [2.24, 2.45) is 0 Å². The summed E-state index contributed by atoms with van der Waals surface area (Å²) in [4.78, 5) is 16.7. The fourth-order valence-corrected chi connectivity index (χ4v) is 3.29. The van der Waals surface area contributed by atoms with Gasteiger partial charge in [-0.2, -0.15) is 5.10 Å². The van der Waals surface area contributed by atoms with Crippen LogP contribution in [0.15, 0.2) is 72.0 Å². The minimum atomic E-state index is -0.214. The molecule has 0 saturated carbocycles. The van der Waals surface area contributed by atoms with Gasteiger partial charge in [0, 0.05) is 47.9 Å². The predicted molar refractivity (Wildman–Crippen MR) is 126 cm³/mol. The Kier molecular flexibility index (Phi) is 6.44. The Morgan fingerprint density at radius 2 is 1.94 bits per heavy atom. The van der Waals surface area contributed by atoms with Crippen LogP contribution in [0, 0.1) is 0 Å². The third-order valence-electron chi connectivity index (χ3n) is 5.10. The smallest absolute Gasteiger partial charge is 0.248 e. The number of pyridine rings is 1. The van der Waals surface area contributed by atoms with Crippen LogP contribution in [0.25, 0.3) is 17.2 Å². The van der Waals surface area contributed by atoms with Crippen molar-refractivity contribution < 1.29 is 9.21 Å². The van der Waals surface area contributed by atoms with E-state index in [0.29, 0.717) is 12.3 Å². The van der Waals surface area contributed by atoms with Crippen LogP contribution in [0.2, 0.25) is 0 Å². The van der Waals surface area contributed by atoms with Gasteiger partial charge in [-0.05, 0) is 62.6 Å². The molecule has 0 radical (unpaired) electrons. The molecule has 8 heteroatoms. The lowest BCUT2D eigenvalue weighted by molar-refractivity contribution is -0.111. The molecule has 1 amide bonds. The first-order valence-corrected chi connectivity index (χ1v) is 10.7. The number of anilines is 1. The molecule has 0 aliphatic rings. The van der Waals surface area contributed by atoms with Crippen LogP contribution < -0.4 is 5.32 Å². The van der Waals surface area contributed by atoms with E-state index in [4.69, 9.17) is 4.42 Å². The van der Waals surface area contributed by atoms with Crippen molar-refractivity contribution in [1.29, 1.82) is 0 Å². The van der Waals surface area contributed by atoms with E-state index in [2.05, 4.69) is 46.4 Å². The molecule has 0 spiro atoms. The summed E-state index contributed by atoms with van der Waals surface area (Å²) < 4.78 is 7.08. The summed E-state index contributed by atoms with van der Waals surface area (Å²) in [6.07, 6.45) is 13.4. The largest absolute Gasteiger partial charge is 0.428 e. The maximum atomic E-state index is 12.5. The topological polar surface area (TPSA) is 98.7 Å². The second-order valence-electron chi connectivity index (χ2n) is 8.66. The first-order valence-electron chi connectivity index (χ1n) is 10.7. The molecule has 3 aromatic heterocycles. The number of benzene rings is 1. The van der Waals surface area contributed by atoms with Crippen molar-refractivity contribution in [3.05, 3.63) is 84.6 Å². The molecule has 8 nitrogen and oxygen atoms in total. The molecule has 0 atom stereocenters. The maximum absolute atomic E-state index is 12.5. The number of aromatic nitrogens is 5. The lowest BCUT2D eigenvalue weighted by Gasteiger charge is -2.18. The maximum Gasteiger partial charge on any atom is 0.248 e. The number of rotatable bonds is 7. The van der Waals surface area contributed by atoms with Gasteiger partial charge in [0.1, 0.15) is 0 Å². The van der Waals surface area contributed by atoms with Gasteiger partial charge in [-0.1, -0.05) is 12.1 Å². The second kappa shape index (κ2) is 9.60. The van der Waals surface area contributed by atoms with Gasteiger partial charge in [0.25, 0.3) is 0 Å². The Morgan fingerprint density at radius 1 is 1.12 bits per heavy atom. The number of hydrogen-bond acceptors (Lipinski definition) is 6. The molecule has 1 aromatic carbocycles. The monoisotopic (exact) mass is 442 g/mol. The zero-order valence-corrected chi connectivity index (χ0v) is 18.9. The summed E-state index contributed by atoms with van der Waals surface area (Å²) in [6, 6.07) is 9.63. The minimum Gasteiger partial charge on any atom is -0.428 e. The third kappa shape index (κ3) is 5.79. The lowest BCUT2D eigenvalue weighted by Crippen LogP contribution is -2.21. The molecular formula is C25H26N6O2. The first-order chi connectivity index (χ1) is 15.9. The Bertz CT molecular complexity index is 1230. The zero-order chi connectivity index (χ0) is 23.3. The van der Waals surface area contributed by atoms with E-state index in [0.717, 1.165) is 34.4 Å². The fraction of sp³-hybridized carbons (Fsp3) is 0.240. The summed E-state index contributed by atoms with van der Waals surface area (Å²) >= 11 is 0. The van der Waals surface area contributed by atoms with Gasteiger partial charge in [-0.3, -0.25) is 14.5 Å². The van der Waals surface area contributed by atoms with Gasteiger partial charge in [0.15, 0.2) is 0 Å². The van der Waals surface area contributed by atoms with E-state index in [1.807, 2.05) is 47.4 Å². The number of amides is 1. The van der Waals surface area contributed by atoms with Crippen LogP contribution in [0.4, 0.5) is 5.69 Å². The highest BCUT2D eigenvalue weighted by Crippen LogP contribution is 2.25. The summed E-state index contributed by atoms with van der Waals surface area (Å²) in [6.45, 7) is 6.30. The van der Waals surface area contributed by atoms with E-state index in [9.17, 15) is 4.79 Å². The quantitative estimate of drug-likeness (QED) is 0.423. The number of nitrogens with zero attached hydrogens (tertiary/aromatic N) is 5. The van der Waals surface area contributed by atoms with Gasteiger partial charge >= 0.3 is 0 Å². The highest BCUT2D eigenvalue weighted by molar-refractivity contribution is 6.02. The fourth-order valence-electron chi connectivity index (χ4n) is 3.29. The molecule has 0 aliphatic carbocycles. The normalized spacial score (nSPS) is 11.7. The summed E-state index contributed by atoms with van der Waals surface area (Å²) in [7, 11) is 0. The van der Waals surface area contributed by atoms with Crippen molar-refractivity contribution in [3.63, 3.8) is 0 Å². The SMILES string of the molecule is CC(C)(C)n1cc(-c2ccncc2/C=C/C(=O)Nc2ccc(CCc3nnco3)cc2)cn1.